The Morgan fingerprint density at radius 1 is 1.24 bits per heavy atom. The second kappa shape index (κ2) is 5.32. The number of hydrogen-bond acceptors (Lipinski definition) is 2. The van der Waals surface area contributed by atoms with Gasteiger partial charge in [0.05, 0.1) is 5.54 Å². The molecule has 0 aliphatic heterocycles. The molecule has 1 atom stereocenters. The van der Waals surface area contributed by atoms with Gasteiger partial charge < -0.3 is 10.4 Å². The summed E-state index contributed by atoms with van der Waals surface area (Å²) in [4.78, 5) is 11.8. The van der Waals surface area contributed by atoms with E-state index in [9.17, 15) is 9.90 Å². The first-order chi connectivity index (χ1) is 7.84. The average Bonchev–Trinajstić information content (AvgIpc) is 2.28. The molecule has 0 heterocycles. The first kappa shape index (κ1) is 13.7. The third-order valence-corrected chi connectivity index (χ3v) is 2.83. The van der Waals surface area contributed by atoms with Crippen LogP contribution in [0.2, 0.25) is 0 Å². The van der Waals surface area contributed by atoms with Crippen LogP contribution in [0.25, 0.3) is 0 Å². The molecule has 17 heavy (non-hydrogen) atoms. The van der Waals surface area contributed by atoms with Crippen LogP contribution in [0.3, 0.4) is 0 Å². The maximum atomic E-state index is 11.8. The average molecular weight is 235 g/mol. The van der Waals surface area contributed by atoms with E-state index in [0.29, 0.717) is 0 Å². The zero-order chi connectivity index (χ0) is 13.1. The fraction of sp³-hybridized carbons (Fsp3) is 0.500. The highest BCUT2D eigenvalue weighted by Gasteiger charge is 2.27. The molecule has 3 nitrogen and oxygen atoms in total. The lowest BCUT2D eigenvalue weighted by atomic mass is 9.93. The van der Waals surface area contributed by atoms with Crippen molar-refractivity contribution in [1.29, 1.82) is 0 Å². The van der Waals surface area contributed by atoms with Crippen molar-refractivity contribution in [3.05, 3.63) is 35.9 Å². The van der Waals surface area contributed by atoms with Crippen molar-refractivity contribution < 1.29 is 9.90 Å². The molecule has 0 aliphatic carbocycles. The number of amides is 1. The monoisotopic (exact) mass is 235 g/mol. The van der Waals surface area contributed by atoms with Crippen molar-refractivity contribution in [2.75, 3.05) is 0 Å². The van der Waals surface area contributed by atoms with Crippen molar-refractivity contribution in [2.45, 2.75) is 39.3 Å². The minimum absolute atomic E-state index is 0.0819. The van der Waals surface area contributed by atoms with Crippen LogP contribution in [0.1, 0.15) is 33.3 Å². The molecule has 0 aromatic heterocycles. The lowest BCUT2D eigenvalue weighted by molar-refractivity contribution is -0.133. The van der Waals surface area contributed by atoms with E-state index in [1.54, 1.807) is 0 Å². The van der Waals surface area contributed by atoms with Gasteiger partial charge in [-0.2, -0.15) is 0 Å². The zero-order valence-corrected chi connectivity index (χ0v) is 10.9. The van der Waals surface area contributed by atoms with E-state index < -0.39 is 11.6 Å². The molecule has 1 aromatic rings. The molecule has 0 aliphatic rings. The Balaban J connectivity index is 2.77. The Labute approximate surface area is 103 Å². The molecule has 0 saturated carbocycles. The smallest absolute Gasteiger partial charge is 0.249 e. The summed E-state index contributed by atoms with van der Waals surface area (Å²) < 4.78 is 0. The summed E-state index contributed by atoms with van der Waals surface area (Å²) in [5, 5.41) is 12.6. The first-order valence-corrected chi connectivity index (χ1v) is 5.90. The number of aliphatic hydroxyl groups is 1. The van der Waals surface area contributed by atoms with Gasteiger partial charge in [0.2, 0.25) is 5.91 Å². The standard InChI is InChI=1S/C14H21NO2/c1-10(2)12(16)13(17)15-14(3,4)11-8-6-5-7-9-11/h5-10,12,16H,1-4H3,(H,15,17)/t12-/m0/s1. The van der Waals surface area contributed by atoms with Gasteiger partial charge in [0.15, 0.2) is 0 Å². The molecular weight excluding hydrogens is 214 g/mol. The van der Waals surface area contributed by atoms with Gasteiger partial charge in [-0.25, -0.2) is 0 Å². The molecule has 0 unspecified atom stereocenters. The van der Waals surface area contributed by atoms with E-state index in [1.807, 2.05) is 58.0 Å². The van der Waals surface area contributed by atoms with Crippen molar-refractivity contribution in [3.8, 4) is 0 Å². The number of hydrogen-bond donors (Lipinski definition) is 2. The minimum atomic E-state index is -0.960. The Bertz CT molecular complexity index is 371. The zero-order valence-electron chi connectivity index (χ0n) is 10.9. The summed E-state index contributed by atoms with van der Waals surface area (Å²) >= 11 is 0. The first-order valence-electron chi connectivity index (χ1n) is 5.90. The van der Waals surface area contributed by atoms with Gasteiger partial charge in [-0.15, -0.1) is 0 Å². The Morgan fingerprint density at radius 3 is 2.24 bits per heavy atom. The second-order valence-electron chi connectivity index (χ2n) is 5.17. The molecule has 94 valence electrons. The van der Waals surface area contributed by atoms with Crippen LogP contribution < -0.4 is 5.32 Å². The number of aliphatic hydroxyl groups excluding tert-OH is 1. The predicted octanol–water partition coefficient (Wildman–Crippen LogP) is 2.05. The SMILES string of the molecule is CC(C)[C@H](O)C(=O)NC(C)(C)c1ccccc1. The highest BCUT2D eigenvalue weighted by atomic mass is 16.3. The summed E-state index contributed by atoms with van der Waals surface area (Å²) in [5.41, 5.74) is 0.540. The molecule has 1 aromatic carbocycles. The van der Waals surface area contributed by atoms with Crippen LogP contribution in [0.15, 0.2) is 30.3 Å². The van der Waals surface area contributed by atoms with E-state index >= 15 is 0 Å². The van der Waals surface area contributed by atoms with Gasteiger partial charge in [0.25, 0.3) is 0 Å². The van der Waals surface area contributed by atoms with E-state index in [4.69, 9.17) is 0 Å². The summed E-state index contributed by atoms with van der Waals surface area (Å²) in [7, 11) is 0. The summed E-state index contributed by atoms with van der Waals surface area (Å²) in [5.74, 6) is -0.407. The van der Waals surface area contributed by atoms with Crippen LogP contribution in [0, 0.1) is 5.92 Å². The quantitative estimate of drug-likeness (QED) is 0.839. The topological polar surface area (TPSA) is 49.3 Å². The lowest BCUT2D eigenvalue weighted by Gasteiger charge is -2.29. The molecule has 2 N–H and O–H groups in total. The van der Waals surface area contributed by atoms with E-state index in [2.05, 4.69) is 5.32 Å². The van der Waals surface area contributed by atoms with Crippen LogP contribution in [0.5, 0.6) is 0 Å². The van der Waals surface area contributed by atoms with Crippen molar-refractivity contribution in [2.24, 2.45) is 5.92 Å². The van der Waals surface area contributed by atoms with Crippen molar-refractivity contribution >= 4 is 5.91 Å². The van der Waals surface area contributed by atoms with Crippen LogP contribution in [0.4, 0.5) is 0 Å². The molecule has 0 fully saturated rings. The molecule has 3 heteroatoms. The van der Waals surface area contributed by atoms with Gasteiger partial charge >= 0.3 is 0 Å². The van der Waals surface area contributed by atoms with Gasteiger partial charge in [-0.3, -0.25) is 4.79 Å². The molecule has 0 radical (unpaired) electrons. The molecule has 0 bridgehead atoms. The maximum Gasteiger partial charge on any atom is 0.249 e. The van der Waals surface area contributed by atoms with E-state index in [0.717, 1.165) is 5.56 Å². The van der Waals surface area contributed by atoms with Gasteiger partial charge in [0.1, 0.15) is 6.10 Å². The van der Waals surface area contributed by atoms with E-state index in [1.165, 1.54) is 0 Å². The Morgan fingerprint density at radius 2 is 1.76 bits per heavy atom. The van der Waals surface area contributed by atoms with Crippen molar-refractivity contribution in [3.63, 3.8) is 0 Å². The fourth-order valence-corrected chi connectivity index (χ4v) is 1.61. The highest BCUT2D eigenvalue weighted by molar-refractivity contribution is 5.81. The predicted molar refractivity (Wildman–Crippen MR) is 68.5 cm³/mol. The number of rotatable bonds is 4. The second-order valence-corrected chi connectivity index (χ2v) is 5.17. The molecule has 1 rings (SSSR count). The number of benzene rings is 1. The molecule has 0 spiro atoms. The maximum absolute atomic E-state index is 11.8. The van der Waals surface area contributed by atoms with Crippen LogP contribution >= 0.6 is 0 Å². The third-order valence-electron chi connectivity index (χ3n) is 2.83. The van der Waals surface area contributed by atoms with Crippen molar-refractivity contribution in [1.82, 2.24) is 5.32 Å². The number of nitrogens with one attached hydrogen (secondary N) is 1. The minimum Gasteiger partial charge on any atom is -0.383 e. The van der Waals surface area contributed by atoms with Gasteiger partial charge in [0, 0.05) is 0 Å². The van der Waals surface area contributed by atoms with Gasteiger partial charge in [-0.1, -0.05) is 44.2 Å². The van der Waals surface area contributed by atoms with Crippen LogP contribution in [-0.2, 0) is 10.3 Å². The van der Waals surface area contributed by atoms with Gasteiger partial charge in [-0.05, 0) is 25.3 Å². The largest absolute Gasteiger partial charge is 0.383 e. The molecule has 0 saturated heterocycles. The Hall–Kier alpha value is -1.35. The van der Waals surface area contributed by atoms with E-state index in [-0.39, 0.29) is 11.8 Å². The molecular formula is C14H21NO2. The normalized spacial score (nSPS) is 13.5. The number of carbonyl (C=O) groups excluding carboxylic acids is 1. The summed E-state index contributed by atoms with van der Waals surface area (Å²) in [6.45, 7) is 7.49. The highest BCUT2D eigenvalue weighted by Crippen LogP contribution is 2.19. The summed E-state index contributed by atoms with van der Waals surface area (Å²) in [6, 6.07) is 9.72. The lowest BCUT2D eigenvalue weighted by Crippen LogP contribution is -2.47. The summed E-state index contributed by atoms with van der Waals surface area (Å²) in [6.07, 6.45) is -0.960. The fourth-order valence-electron chi connectivity index (χ4n) is 1.61. The Kier molecular flexibility index (Phi) is 4.29. The molecule has 1 amide bonds. The van der Waals surface area contributed by atoms with Crippen LogP contribution in [-0.4, -0.2) is 17.1 Å². The number of carbonyl (C=O) groups is 1. The third kappa shape index (κ3) is 3.56.